The Morgan fingerprint density at radius 1 is 1.31 bits per heavy atom. The monoisotopic (exact) mass is 223 g/mol. The number of carbonyl (C=O) groups is 1. The van der Waals surface area contributed by atoms with Gasteiger partial charge >= 0.3 is 0 Å². The SMILES string of the molecule is CC(C)C1(O)CN(C(=O)C2C3CCCC32)C1. The summed E-state index contributed by atoms with van der Waals surface area (Å²) < 4.78 is 0. The van der Waals surface area contributed by atoms with Gasteiger partial charge < -0.3 is 10.0 Å². The minimum atomic E-state index is -0.611. The molecule has 1 aliphatic heterocycles. The summed E-state index contributed by atoms with van der Waals surface area (Å²) in [5.74, 6) is 2.28. The molecule has 1 N–H and O–H groups in total. The number of fused-ring (bicyclic) bond motifs is 1. The fraction of sp³-hybridized carbons (Fsp3) is 0.923. The summed E-state index contributed by atoms with van der Waals surface area (Å²) in [6.45, 7) is 5.15. The Morgan fingerprint density at radius 2 is 1.88 bits per heavy atom. The molecule has 3 nitrogen and oxygen atoms in total. The second-order valence-electron chi connectivity index (χ2n) is 6.24. The van der Waals surface area contributed by atoms with Gasteiger partial charge in [-0.2, -0.15) is 0 Å². The van der Waals surface area contributed by atoms with E-state index in [1.54, 1.807) is 0 Å². The first-order chi connectivity index (χ1) is 7.53. The van der Waals surface area contributed by atoms with Gasteiger partial charge in [-0.05, 0) is 30.6 Å². The number of nitrogens with zero attached hydrogens (tertiary/aromatic N) is 1. The van der Waals surface area contributed by atoms with Crippen LogP contribution in [0.2, 0.25) is 0 Å². The maximum atomic E-state index is 12.1. The molecule has 1 heterocycles. The molecular formula is C13H21NO2. The summed E-state index contributed by atoms with van der Waals surface area (Å²) in [7, 11) is 0. The molecule has 0 aromatic heterocycles. The molecule has 2 saturated carbocycles. The lowest BCUT2D eigenvalue weighted by Gasteiger charge is -2.49. The summed E-state index contributed by atoms with van der Waals surface area (Å²) in [5.41, 5.74) is -0.611. The molecule has 0 aromatic carbocycles. The largest absolute Gasteiger partial charge is 0.386 e. The molecule has 0 spiro atoms. The first-order valence-electron chi connectivity index (χ1n) is 6.54. The van der Waals surface area contributed by atoms with E-state index in [1.807, 2.05) is 18.7 Å². The highest BCUT2D eigenvalue weighted by atomic mass is 16.3. The normalized spacial score (nSPS) is 39.5. The summed E-state index contributed by atoms with van der Waals surface area (Å²) in [5, 5.41) is 10.1. The maximum Gasteiger partial charge on any atom is 0.226 e. The van der Waals surface area contributed by atoms with Crippen LogP contribution >= 0.6 is 0 Å². The van der Waals surface area contributed by atoms with Gasteiger partial charge in [0.05, 0.1) is 13.1 Å². The Hall–Kier alpha value is -0.570. The van der Waals surface area contributed by atoms with E-state index in [0.29, 0.717) is 36.8 Å². The molecule has 0 radical (unpaired) electrons. The number of likely N-dealkylation sites (tertiary alicyclic amines) is 1. The van der Waals surface area contributed by atoms with Crippen LogP contribution in [0.3, 0.4) is 0 Å². The minimum absolute atomic E-state index is 0.246. The van der Waals surface area contributed by atoms with Gasteiger partial charge in [0.15, 0.2) is 0 Å². The molecule has 2 atom stereocenters. The lowest BCUT2D eigenvalue weighted by Crippen LogP contribution is -2.66. The van der Waals surface area contributed by atoms with Crippen molar-refractivity contribution in [1.29, 1.82) is 0 Å². The number of carbonyl (C=O) groups excluding carboxylic acids is 1. The highest BCUT2D eigenvalue weighted by molar-refractivity contribution is 5.83. The van der Waals surface area contributed by atoms with E-state index in [9.17, 15) is 9.90 Å². The molecule has 3 aliphatic rings. The van der Waals surface area contributed by atoms with Gasteiger partial charge in [-0.1, -0.05) is 20.3 Å². The fourth-order valence-corrected chi connectivity index (χ4v) is 3.53. The highest BCUT2D eigenvalue weighted by Crippen LogP contribution is 2.58. The van der Waals surface area contributed by atoms with Crippen LogP contribution in [0.4, 0.5) is 0 Å². The lowest BCUT2D eigenvalue weighted by molar-refractivity contribution is -0.165. The summed E-state index contributed by atoms with van der Waals surface area (Å²) in [6.07, 6.45) is 3.82. The van der Waals surface area contributed by atoms with Crippen LogP contribution in [0, 0.1) is 23.7 Å². The Balaban J connectivity index is 1.56. The molecule has 3 heteroatoms. The van der Waals surface area contributed by atoms with Crippen molar-refractivity contribution in [2.24, 2.45) is 23.7 Å². The zero-order valence-electron chi connectivity index (χ0n) is 10.1. The number of rotatable bonds is 2. The van der Waals surface area contributed by atoms with Crippen molar-refractivity contribution in [2.45, 2.75) is 38.7 Å². The van der Waals surface area contributed by atoms with E-state index >= 15 is 0 Å². The predicted molar refractivity (Wildman–Crippen MR) is 60.7 cm³/mol. The van der Waals surface area contributed by atoms with Gasteiger partial charge in [0.25, 0.3) is 0 Å². The Kier molecular flexibility index (Phi) is 2.13. The molecule has 3 fully saturated rings. The molecule has 90 valence electrons. The number of hydrogen-bond acceptors (Lipinski definition) is 2. The minimum Gasteiger partial charge on any atom is -0.386 e. The van der Waals surface area contributed by atoms with Crippen LogP contribution < -0.4 is 0 Å². The fourth-order valence-electron chi connectivity index (χ4n) is 3.53. The molecule has 3 rings (SSSR count). The zero-order chi connectivity index (χ0) is 11.5. The molecule has 16 heavy (non-hydrogen) atoms. The standard InChI is InChI=1S/C13H21NO2/c1-8(2)13(16)6-14(7-13)12(15)11-9-4-3-5-10(9)11/h8-11,16H,3-7H2,1-2H3. The number of β-amino-alcohol motifs (C(OH)–C–C–N with tert-alkyl or cyclic N) is 1. The Morgan fingerprint density at radius 3 is 2.38 bits per heavy atom. The van der Waals surface area contributed by atoms with E-state index in [2.05, 4.69) is 0 Å². The van der Waals surface area contributed by atoms with Gasteiger partial charge in [0.2, 0.25) is 5.91 Å². The third-order valence-electron chi connectivity index (χ3n) is 5.01. The maximum absolute atomic E-state index is 12.1. The van der Waals surface area contributed by atoms with Gasteiger partial charge in [0.1, 0.15) is 5.60 Å². The van der Waals surface area contributed by atoms with Crippen LogP contribution in [0.15, 0.2) is 0 Å². The van der Waals surface area contributed by atoms with Gasteiger partial charge in [0, 0.05) is 5.92 Å². The average Bonchev–Trinajstić information content (AvgIpc) is 2.66. The van der Waals surface area contributed by atoms with Crippen LogP contribution in [0.1, 0.15) is 33.1 Å². The molecule has 2 aliphatic carbocycles. The molecule has 0 bridgehead atoms. The topological polar surface area (TPSA) is 40.5 Å². The van der Waals surface area contributed by atoms with Crippen molar-refractivity contribution < 1.29 is 9.90 Å². The van der Waals surface area contributed by atoms with Crippen molar-refractivity contribution in [2.75, 3.05) is 13.1 Å². The first kappa shape index (κ1) is 10.6. The van der Waals surface area contributed by atoms with E-state index in [0.717, 1.165) is 0 Å². The molecule has 1 saturated heterocycles. The third kappa shape index (κ3) is 1.33. The summed E-state index contributed by atoms with van der Waals surface area (Å²) in [6, 6.07) is 0. The van der Waals surface area contributed by atoms with Gasteiger partial charge in [-0.15, -0.1) is 0 Å². The second kappa shape index (κ2) is 3.22. The van der Waals surface area contributed by atoms with Crippen molar-refractivity contribution in [3.63, 3.8) is 0 Å². The quantitative estimate of drug-likeness (QED) is 0.765. The van der Waals surface area contributed by atoms with Crippen LogP contribution in [0.5, 0.6) is 0 Å². The van der Waals surface area contributed by atoms with Crippen LogP contribution in [-0.4, -0.2) is 34.6 Å². The van der Waals surface area contributed by atoms with Gasteiger partial charge in [-0.3, -0.25) is 4.79 Å². The molecule has 2 unspecified atom stereocenters. The number of hydrogen-bond donors (Lipinski definition) is 1. The second-order valence-corrected chi connectivity index (χ2v) is 6.24. The van der Waals surface area contributed by atoms with Crippen molar-refractivity contribution >= 4 is 5.91 Å². The Bertz CT molecular complexity index is 310. The van der Waals surface area contributed by atoms with Crippen molar-refractivity contribution in [3.05, 3.63) is 0 Å². The third-order valence-corrected chi connectivity index (χ3v) is 5.01. The number of aliphatic hydroxyl groups is 1. The van der Waals surface area contributed by atoms with Crippen LogP contribution in [0.25, 0.3) is 0 Å². The average molecular weight is 223 g/mol. The highest BCUT2D eigenvalue weighted by Gasteiger charge is 2.59. The summed E-state index contributed by atoms with van der Waals surface area (Å²) in [4.78, 5) is 14.0. The van der Waals surface area contributed by atoms with E-state index in [4.69, 9.17) is 0 Å². The predicted octanol–water partition coefficient (Wildman–Crippen LogP) is 1.26. The number of amides is 1. The summed E-state index contributed by atoms with van der Waals surface area (Å²) >= 11 is 0. The Labute approximate surface area is 96.8 Å². The van der Waals surface area contributed by atoms with Crippen molar-refractivity contribution in [1.82, 2.24) is 4.90 Å². The lowest BCUT2D eigenvalue weighted by atomic mass is 9.82. The molecule has 1 amide bonds. The first-order valence-corrected chi connectivity index (χ1v) is 6.54. The van der Waals surface area contributed by atoms with Crippen molar-refractivity contribution in [3.8, 4) is 0 Å². The van der Waals surface area contributed by atoms with E-state index in [-0.39, 0.29) is 5.92 Å². The molecular weight excluding hydrogens is 202 g/mol. The van der Waals surface area contributed by atoms with Gasteiger partial charge in [-0.25, -0.2) is 0 Å². The van der Waals surface area contributed by atoms with Crippen LogP contribution in [-0.2, 0) is 4.79 Å². The zero-order valence-corrected chi connectivity index (χ0v) is 10.1. The smallest absolute Gasteiger partial charge is 0.226 e. The molecule has 0 aromatic rings. The van der Waals surface area contributed by atoms with E-state index < -0.39 is 5.60 Å². The van der Waals surface area contributed by atoms with E-state index in [1.165, 1.54) is 19.3 Å².